The molecule has 0 saturated carbocycles. The molecule has 4 rings (SSSR count). The first-order chi connectivity index (χ1) is 14.6. The topological polar surface area (TPSA) is 77.8 Å². The van der Waals surface area contributed by atoms with Gasteiger partial charge in [-0.2, -0.15) is 0 Å². The van der Waals surface area contributed by atoms with Gasteiger partial charge in [0.05, 0.1) is 12.5 Å². The van der Waals surface area contributed by atoms with Gasteiger partial charge in [0.2, 0.25) is 0 Å². The Labute approximate surface area is 174 Å². The molecule has 0 saturated heterocycles. The Morgan fingerprint density at radius 2 is 1.83 bits per heavy atom. The zero-order chi connectivity index (χ0) is 21.1. The van der Waals surface area contributed by atoms with E-state index >= 15 is 0 Å². The number of hydrogen-bond acceptors (Lipinski definition) is 5. The first-order valence-corrected chi connectivity index (χ1v) is 10.6. The molecule has 0 bridgehead atoms. The van der Waals surface area contributed by atoms with Crippen molar-refractivity contribution < 1.29 is 18.5 Å². The fourth-order valence-corrected chi connectivity index (χ4v) is 4.77. The first-order valence-electron chi connectivity index (χ1n) is 9.31. The minimum atomic E-state index is -0.783. The molecule has 0 aliphatic carbocycles. The lowest BCUT2D eigenvalue weighted by atomic mass is 10.1. The smallest absolute Gasteiger partial charge is 0.291 e. The van der Waals surface area contributed by atoms with Crippen molar-refractivity contribution in [3.8, 4) is 5.75 Å². The van der Waals surface area contributed by atoms with Crippen LogP contribution in [0.25, 0.3) is 11.0 Å². The number of anilines is 1. The SMILES string of the molecule is COc1ccp(OC)c1Cc1ccc(NC(=O)c2cc(=O)c3ccccc3o2)cc1. The van der Waals surface area contributed by atoms with Crippen LogP contribution in [0.15, 0.2) is 75.7 Å². The lowest BCUT2D eigenvalue weighted by Crippen LogP contribution is -2.14. The van der Waals surface area contributed by atoms with Gasteiger partial charge in [0.25, 0.3) is 5.91 Å². The van der Waals surface area contributed by atoms with E-state index in [0.717, 1.165) is 16.6 Å². The van der Waals surface area contributed by atoms with Crippen LogP contribution in [0.4, 0.5) is 5.69 Å². The van der Waals surface area contributed by atoms with Crippen LogP contribution in [-0.4, -0.2) is 20.1 Å². The van der Waals surface area contributed by atoms with Gasteiger partial charge in [0, 0.05) is 38.3 Å². The van der Waals surface area contributed by atoms with Crippen LogP contribution >= 0.6 is 7.76 Å². The third-order valence-electron chi connectivity index (χ3n) is 4.77. The fraction of sp³-hybridized carbons (Fsp3) is 0.130. The van der Waals surface area contributed by atoms with E-state index in [-0.39, 0.29) is 11.2 Å². The number of fused-ring (bicyclic) bond motifs is 1. The molecule has 152 valence electrons. The second-order valence-corrected chi connectivity index (χ2v) is 8.49. The maximum atomic E-state index is 12.5. The molecule has 2 heterocycles. The van der Waals surface area contributed by atoms with Crippen LogP contribution in [0.3, 0.4) is 0 Å². The van der Waals surface area contributed by atoms with Gasteiger partial charge in [-0.05, 0) is 41.7 Å². The molecule has 7 heteroatoms. The van der Waals surface area contributed by atoms with E-state index < -0.39 is 13.7 Å². The number of carbonyl (C=O) groups is 1. The van der Waals surface area contributed by atoms with Gasteiger partial charge in [-0.3, -0.25) is 9.59 Å². The standard InChI is InChI=1S/C23H20NO5P/c1-27-20-11-12-30(28-2)22(20)13-15-7-9-16(10-8-15)24-23(26)21-14-18(25)17-5-3-4-6-19(17)29-21/h3-12,14H,13H2,1-2H3,(H,24,26). The molecule has 0 spiro atoms. The molecule has 2 aromatic heterocycles. The molecule has 2 aromatic carbocycles. The maximum absolute atomic E-state index is 12.5. The molecule has 0 aliphatic rings. The van der Waals surface area contributed by atoms with Crippen molar-refractivity contribution in [2.75, 3.05) is 19.5 Å². The van der Waals surface area contributed by atoms with Crippen LogP contribution in [0, 0.1) is 0 Å². The lowest BCUT2D eigenvalue weighted by Gasteiger charge is -2.09. The van der Waals surface area contributed by atoms with E-state index in [4.69, 9.17) is 13.7 Å². The molecular formula is C23H20NO5P. The average Bonchev–Trinajstić information content (AvgIpc) is 3.16. The maximum Gasteiger partial charge on any atom is 0.291 e. The molecular weight excluding hydrogens is 401 g/mol. The van der Waals surface area contributed by atoms with Gasteiger partial charge in [-0.25, -0.2) is 0 Å². The Hall–Kier alpha value is -3.34. The number of carbonyl (C=O) groups excluding carboxylic acids is 1. The molecule has 30 heavy (non-hydrogen) atoms. The van der Waals surface area contributed by atoms with E-state index in [1.165, 1.54) is 6.07 Å². The molecule has 0 aliphatic heterocycles. The number of para-hydroxylation sites is 1. The minimum Gasteiger partial charge on any atom is -0.496 e. The molecule has 4 aromatic rings. The number of benzene rings is 2. The van der Waals surface area contributed by atoms with Crippen molar-refractivity contribution in [3.63, 3.8) is 0 Å². The number of hydrogen-bond donors (Lipinski definition) is 1. The summed E-state index contributed by atoms with van der Waals surface area (Å²) in [5.41, 5.74) is 1.81. The van der Waals surface area contributed by atoms with Gasteiger partial charge < -0.3 is 19.0 Å². The minimum absolute atomic E-state index is 0.0274. The highest BCUT2D eigenvalue weighted by molar-refractivity contribution is 7.45. The highest BCUT2D eigenvalue weighted by atomic mass is 31.1. The van der Waals surface area contributed by atoms with Crippen LogP contribution in [0.1, 0.15) is 21.4 Å². The van der Waals surface area contributed by atoms with E-state index in [1.54, 1.807) is 38.5 Å². The summed E-state index contributed by atoms with van der Waals surface area (Å²) in [5, 5.41) is 4.33. The van der Waals surface area contributed by atoms with Gasteiger partial charge >= 0.3 is 0 Å². The normalized spacial score (nSPS) is 11.5. The Morgan fingerprint density at radius 1 is 1.07 bits per heavy atom. The third-order valence-corrected chi connectivity index (χ3v) is 6.49. The first kappa shape index (κ1) is 20.0. The molecule has 0 fully saturated rings. The van der Waals surface area contributed by atoms with Gasteiger partial charge in [-0.1, -0.05) is 24.3 Å². The Balaban J connectivity index is 1.51. The molecule has 1 N–H and O–H groups in total. The highest BCUT2D eigenvalue weighted by Crippen LogP contribution is 2.40. The van der Waals surface area contributed by atoms with Crippen LogP contribution in [-0.2, 0) is 6.42 Å². The Kier molecular flexibility index (Phi) is 5.70. The Bertz CT molecular complexity index is 1240. The van der Waals surface area contributed by atoms with E-state index in [2.05, 4.69) is 5.32 Å². The van der Waals surface area contributed by atoms with E-state index in [0.29, 0.717) is 23.1 Å². The molecule has 0 radical (unpaired) electrons. The van der Waals surface area contributed by atoms with Crippen molar-refractivity contribution in [2.24, 2.45) is 0 Å². The van der Waals surface area contributed by atoms with Crippen molar-refractivity contribution in [1.82, 2.24) is 0 Å². The summed E-state index contributed by atoms with van der Waals surface area (Å²) in [6.45, 7) is 0. The second-order valence-electron chi connectivity index (χ2n) is 6.64. The predicted molar refractivity (Wildman–Crippen MR) is 118 cm³/mol. The molecule has 6 nitrogen and oxygen atoms in total. The Morgan fingerprint density at radius 3 is 2.57 bits per heavy atom. The highest BCUT2D eigenvalue weighted by Gasteiger charge is 2.14. The summed E-state index contributed by atoms with van der Waals surface area (Å²) in [6.07, 6.45) is 0.698. The summed E-state index contributed by atoms with van der Waals surface area (Å²) >= 11 is 0. The average molecular weight is 421 g/mol. The largest absolute Gasteiger partial charge is 0.496 e. The zero-order valence-electron chi connectivity index (χ0n) is 16.5. The van der Waals surface area contributed by atoms with Crippen molar-refractivity contribution in [3.05, 3.63) is 93.3 Å². The molecule has 1 atom stereocenters. The lowest BCUT2D eigenvalue weighted by molar-refractivity contribution is 0.0997. The number of rotatable bonds is 6. The number of amides is 1. The number of ether oxygens (including phenoxy) is 1. The number of methoxy groups -OCH3 is 1. The van der Waals surface area contributed by atoms with Crippen LogP contribution < -0.4 is 20.0 Å². The van der Waals surface area contributed by atoms with Gasteiger partial charge in [0.15, 0.2) is 11.2 Å². The predicted octanol–water partition coefficient (Wildman–Crippen LogP) is 4.69. The summed E-state index contributed by atoms with van der Waals surface area (Å²) in [5.74, 6) is 2.36. The molecule has 1 amide bonds. The van der Waals surface area contributed by atoms with Crippen molar-refractivity contribution in [2.45, 2.75) is 6.42 Å². The monoisotopic (exact) mass is 421 g/mol. The fourth-order valence-electron chi connectivity index (χ4n) is 3.26. The summed E-state index contributed by atoms with van der Waals surface area (Å²) < 4.78 is 16.6. The van der Waals surface area contributed by atoms with E-state index in [1.807, 2.05) is 36.1 Å². The summed E-state index contributed by atoms with van der Waals surface area (Å²) in [7, 11) is 2.56. The van der Waals surface area contributed by atoms with Crippen molar-refractivity contribution >= 4 is 30.3 Å². The second kappa shape index (κ2) is 8.57. The van der Waals surface area contributed by atoms with E-state index in [9.17, 15) is 9.59 Å². The van der Waals surface area contributed by atoms with Crippen LogP contribution in [0.2, 0.25) is 0 Å². The summed E-state index contributed by atoms with van der Waals surface area (Å²) in [4.78, 5) is 24.7. The summed E-state index contributed by atoms with van der Waals surface area (Å²) in [6, 6.07) is 17.5. The van der Waals surface area contributed by atoms with Gasteiger partial charge in [0.1, 0.15) is 11.3 Å². The quantitative estimate of drug-likeness (QED) is 0.489. The third kappa shape index (κ3) is 4.01. The zero-order valence-corrected chi connectivity index (χ0v) is 17.4. The number of nitrogens with one attached hydrogen (secondary N) is 1. The molecule has 1 unspecified atom stereocenters. The van der Waals surface area contributed by atoms with Gasteiger partial charge in [-0.15, -0.1) is 0 Å². The van der Waals surface area contributed by atoms with Crippen LogP contribution in [0.5, 0.6) is 5.75 Å². The van der Waals surface area contributed by atoms with Crippen molar-refractivity contribution in [1.29, 1.82) is 0 Å².